The average Bonchev–Trinajstić information content (AvgIpc) is 3.40. The Balaban J connectivity index is 1.18. The molecule has 3 heterocycles. The Morgan fingerprint density at radius 1 is 0.704 bits per heavy atom. The summed E-state index contributed by atoms with van der Waals surface area (Å²) in [6.45, 7) is 6.70. The first kappa shape index (κ1) is 19.2. The highest BCUT2D eigenvalue weighted by Crippen LogP contribution is 2.47. The molecule has 0 N–H and O–H groups in total. The fraction of sp³-hybridized carbons (Fsp3) is 0.909. The van der Waals surface area contributed by atoms with E-state index in [9.17, 15) is 9.59 Å². The minimum Gasteiger partial charge on any atom is -0.343 e. The zero-order valence-corrected chi connectivity index (χ0v) is 17.0. The van der Waals surface area contributed by atoms with Gasteiger partial charge in [-0.2, -0.15) is 0 Å². The van der Waals surface area contributed by atoms with Gasteiger partial charge < -0.3 is 9.80 Å². The number of carbonyl (C=O) groups is 2. The Bertz CT molecular complexity index is 470. The van der Waals surface area contributed by atoms with Gasteiger partial charge in [0.15, 0.2) is 0 Å². The molecule has 0 atom stereocenters. The highest BCUT2D eigenvalue weighted by atomic mass is 16.2. The van der Waals surface area contributed by atoms with Gasteiger partial charge in [-0.3, -0.25) is 14.5 Å². The molecule has 1 spiro atoms. The van der Waals surface area contributed by atoms with Crippen LogP contribution in [0.3, 0.4) is 0 Å². The predicted molar refractivity (Wildman–Crippen MR) is 106 cm³/mol. The van der Waals surface area contributed by atoms with Crippen LogP contribution in [-0.4, -0.2) is 72.3 Å². The van der Waals surface area contributed by atoms with Crippen molar-refractivity contribution < 1.29 is 9.59 Å². The van der Waals surface area contributed by atoms with Gasteiger partial charge in [0.2, 0.25) is 11.8 Å². The molecule has 5 nitrogen and oxygen atoms in total. The maximum atomic E-state index is 12.4. The zero-order valence-electron chi connectivity index (χ0n) is 17.0. The molecule has 5 heteroatoms. The molecule has 3 saturated heterocycles. The number of nitrogens with zero attached hydrogens (tertiary/aromatic N) is 3. The Hall–Kier alpha value is -1.10. The maximum absolute atomic E-state index is 12.4. The summed E-state index contributed by atoms with van der Waals surface area (Å²) < 4.78 is 0. The van der Waals surface area contributed by atoms with Gasteiger partial charge in [0, 0.05) is 32.6 Å². The van der Waals surface area contributed by atoms with Crippen molar-refractivity contribution in [3.63, 3.8) is 0 Å². The molecule has 0 aromatic carbocycles. The molecule has 0 unspecified atom stereocenters. The summed E-state index contributed by atoms with van der Waals surface area (Å²) in [5.41, 5.74) is 0.500. The van der Waals surface area contributed by atoms with Crippen LogP contribution in [0.25, 0.3) is 0 Å². The standard InChI is InChI=1S/C22H37N3O2/c26-20(24-11-1-2-12-24)17-19-5-7-22(8-6-19)9-15-23(16-10-22)18-21(27)25-13-3-4-14-25/h19H,1-18H2. The molecule has 27 heavy (non-hydrogen) atoms. The first-order chi connectivity index (χ1) is 13.1. The molecule has 4 rings (SSSR count). The number of likely N-dealkylation sites (tertiary alicyclic amines) is 3. The van der Waals surface area contributed by atoms with E-state index < -0.39 is 0 Å². The molecule has 4 fully saturated rings. The second-order valence-corrected chi connectivity index (χ2v) is 9.60. The Morgan fingerprint density at radius 3 is 1.78 bits per heavy atom. The van der Waals surface area contributed by atoms with Gasteiger partial charge in [-0.1, -0.05) is 0 Å². The van der Waals surface area contributed by atoms with Gasteiger partial charge in [-0.25, -0.2) is 0 Å². The first-order valence-corrected chi connectivity index (χ1v) is 11.4. The van der Waals surface area contributed by atoms with Gasteiger partial charge in [0.1, 0.15) is 0 Å². The summed E-state index contributed by atoms with van der Waals surface area (Å²) >= 11 is 0. The van der Waals surface area contributed by atoms with E-state index in [0.717, 1.165) is 45.7 Å². The van der Waals surface area contributed by atoms with Crippen LogP contribution in [0.4, 0.5) is 0 Å². The molecule has 152 valence electrons. The van der Waals surface area contributed by atoms with Crippen LogP contribution in [0, 0.1) is 11.3 Å². The summed E-state index contributed by atoms with van der Waals surface area (Å²) in [4.78, 5) is 31.3. The minimum atomic E-state index is 0.340. The lowest BCUT2D eigenvalue weighted by Gasteiger charge is -2.46. The molecule has 3 aliphatic heterocycles. The third kappa shape index (κ3) is 4.67. The second kappa shape index (κ2) is 8.50. The number of piperidine rings is 1. The molecule has 1 saturated carbocycles. The summed E-state index contributed by atoms with van der Waals surface area (Å²) in [5.74, 6) is 1.36. The zero-order chi connectivity index (χ0) is 18.7. The fourth-order valence-corrected chi connectivity index (χ4v) is 5.78. The third-order valence-corrected chi connectivity index (χ3v) is 7.82. The largest absolute Gasteiger partial charge is 0.343 e. The molecular formula is C22H37N3O2. The Labute approximate surface area is 164 Å². The topological polar surface area (TPSA) is 43.9 Å². The molecule has 0 aromatic rings. The smallest absolute Gasteiger partial charge is 0.236 e. The highest BCUT2D eigenvalue weighted by molar-refractivity contribution is 5.78. The minimum absolute atomic E-state index is 0.340. The van der Waals surface area contributed by atoms with E-state index in [1.807, 2.05) is 4.90 Å². The molecular weight excluding hydrogens is 338 g/mol. The van der Waals surface area contributed by atoms with Crippen LogP contribution < -0.4 is 0 Å². The van der Waals surface area contributed by atoms with Gasteiger partial charge in [0.05, 0.1) is 6.54 Å². The molecule has 1 aliphatic carbocycles. The van der Waals surface area contributed by atoms with Crippen LogP contribution in [0.5, 0.6) is 0 Å². The van der Waals surface area contributed by atoms with Crippen molar-refractivity contribution in [2.24, 2.45) is 11.3 Å². The summed E-state index contributed by atoms with van der Waals surface area (Å²) in [5, 5.41) is 0. The normalized spacial score (nSPS) is 26.8. The van der Waals surface area contributed by atoms with E-state index in [1.54, 1.807) is 0 Å². The lowest BCUT2D eigenvalue weighted by molar-refractivity contribution is -0.132. The number of rotatable bonds is 4. The van der Waals surface area contributed by atoms with E-state index in [0.29, 0.717) is 29.7 Å². The lowest BCUT2D eigenvalue weighted by Crippen LogP contribution is -2.46. The van der Waals surface area contributed by atoms with E-state index >= 15 is 0 Å². The van der Waals surface area contributed by atoms with Crippen molar-refractivity contribution in [3.8, 4) is 0 Å². The van der Waals surface area contributed by atoms with Crippen molar-refractivity contribution in [2.75, 3.05) is 45.8 Å². The SMILES string of the molecule is O=C(CC1CCC2(CC1)CCN(CC(=O)N1CCCC1)CC2)N1CCCC1. The fourth-order valence-electron chi connectivity index (χ4n) is 5.78. The molecule has 4 aliphatic rings. The first-order valence-electron chi connectivity index (χ1n) is 11.4. The predicted octanol–water partition coefficient (Wildman–Crippen LogP) is 2.89. The van der Waals surface area contributed by atoms with Crippen molar-refractivity contribution in [3.05, 3.63) is 0 Å². The molecule has 0 radical (unpaired) electrons. The van der Waals surface area contributed by atoms with E-state index in [2.05, 4.69) is 9.80 Å². The lowest BCUT2D eigenvalue weighted by atomic mass is 9.65. The van der Waals surface area contributed by atoms with Crippen molar-refractivity contribution >= 4 is 11.8 Å². The Kier molecular flexibility index (Phi) is 6.05. The van der Waals surface area contributed by atoms with Gasteiger partial charge in [-0.05, 0) is 88.6 Å². The van der Waals surface area contributed by atoms with Gasteiger partial charge >= 0.3 is 0 Å². The van der Waals surface area contributed by atoms with E-state index in [-0.39, 0.29) is 0 Å². The van der Waals surface area contributed by atoms with Gasteiger partial charge in [0.25, 0.3) is 0 Å². The molecule has 2 amide bonds. The van der Waals surface area contributed by atoms with Crippen molar-refractivity contribution in [1.29, 1.82) is 0 Å². The van der Waals surface area contributed by atoms with Gasteiger partial charge in [-0.15, -0.1) is 0 Å². The second-order valence-electron chi connectivity index (χ2n) is 9.60. The molecule has 0 aromatic heterocycles. The Morgan fingerprint density at radius 2 is 1.22 bits per heavy atom. The molecule has 0 bridgehead atoms. The van der Waals surface area contributed by atoms with Crippen LogP contribution >= 0.6 is 0 Å². The van der Waals surface area contributed by atoms with Crippen LogP contribution in [0.2, 0.25) is 0 Å². The van der Waals surface area contributed by atoms with Crippen LogP contribution in [0.15, 0.2) is 0 Å². The van der Waals surface area contributed by atoms with Crippen LogP contribution in [0.1, 0.15) is 70.6 Å². The monoisotopic (exact) mass is 375 g/mol. The summed E-state index contributed by atoms with van der Waals surface area (Å²) in [7, 11) is 0. The number of hydrogen-bond acceptors (Lipinski definition) is 3. The summed E-state index contributed by atoms with van der Waals surface area (Å²) in [6, 6.07) is 0. The third-order valence-electron chi connectivity index (χ3n) is 7.82. The van der Waals surface area contributed by atoms with E-state index in [1.165, 1.54) is 64.2 Å². The highest BCUT2D eigenvalue weighted by Gasteiger charge is 2.39. The number of hydrogen-bond donors (Lipinski definition) is 0. The van der Waals surface area contributed by atoms with Crippen LogP contribution in [-0.2, 0) is 9.59 Å². The summed E-state index contributed by atoms with van der Waals surface area (Å²) in [6.07, 6.45) is 13.0. The quantitative estimate of drug-likeness (QED) is 0.759. The van der Waals surface area contributed by atoms with E-state index in [4.69, 9.17) is 0 Å². The average molecular weight is 376 g/mol. The van der Waals surface area contributed by atoms with Crippen molar-refractivity contribution in [2.45, 2.75) is 70.6 Å². The maximum Gasteiger partial charge on any atom is 0.236 e. The van der Waals surface area contributed by atoms with Crippen molar-refractivity contribution in [1.82, 2.24) is 14.7 Å². The number of carbonyl (C=O) groups excluding carboxylic acids is 2. The number of amides is 2.